The molecule has 0 amide bonds. The average Bonchev–Trinajstić information content (AvgIpc) is 3.01. The SMILES string of the molecule is CC=Nc1nc(NC2CCCC2Cc2cccc(C)c2)nc(C(C)F)n1. The van der Waals surface area contributed by atoms with Crippen LogP contribution < -0.4 is 5.32 Å². The van der Waals surface area contributed by atoms with Crippen LogP contribution in [0.2, 0.25) is 0 Å². The van der Waals surface area contributed by atoms with Gasteiger partial charge in [-0.2, -0.15) is 15.0 Å². The van der Waals surface area contributed by atoms with Crippen LogP contribution in [0.15, 0.2) is 29.3 Å². The summed E-state index contributed by atoms with van der Waals surface area (Å²) in [6, 6.07) is 8.93. The summed E-state index contributed by atoms with van der Waals surface area (Å²) < 4.78 is 13.7. The van der Waals surface area contributed by atoms with Crippen LogP contribution in [0.25, 0.3) is 0 Å². The molecule has 0 radical (unpaired) electrons. The van der Waals surface area contributed by atoms with Gasteiger partial charge in [0.15, 0.2) is 12.0 Å². The van der Waals surface area contributed by atoms with Gasteiger partial charge in [0.2, 0.25) is 5.95 Å². The Morgan fingerprint density at radius 2 is 2.15 bits per heavy atom. The number of nitrogens with one attached hydrogen (secondary N) is 1. The summed E-state index contributed by atoms with van der Waals surface area (Å²) >= 11 is 0. The molecule has 6 heteroatoms. The molecule has 5 nitrogen and oxygen atoms in total. The Morgan fingerprint density at radius 3 is 2.88 bits per heavy atom. The fraction of sp³-hybridized carbons (Fsp3) is 0.500. The second-order valence-corrected chi connectivity index (χ2v) is 6.96. The number of aryl methyl sites for hydroxylation is 1. The minimum atomic E-state index is -1.25. The highest BCUT2D eigenvalue weighted by Crippen LogP contribution is 2.31. The van der Waals surface area contributed by atoms with Crippen molar-refractivity contribution in [3.05, 3.63) is 41.2 Å². The van der Waals surface area contributed by atoms with Crippen molar-refractivity contribution in [2.75, 3.05) is 5.32 Å². The van der Waals surface area contributed by atoms with E-state index < -0.39 is 6.17 Å². The third kappa shape index (κ3) is 4.62. The fourth-order valence-electron chi connectivity index (χ4n) is 3.58. The zero-order chi connectivity index (χ0) is 18.5. The maximum Gasteiger partial charge on any atom is 0.254 e. The van der Waals surface area contributed by atoms with Crippen molar-refractivity contribution in [3.8, 4) is 0 Å². The van der Waals surface area contributed by atoms with Crippen LogP contribution in [0.5, 0.6) is 0 Å². The molecule has 1 aromatic heterocycles. The number of hydrogen-bond donors (Lipinski definition) is 1. The normalized spacial score (nSPS) is 21.2. The van der Waals surface area contributed by atoms with Crippen molar-refractivity contribution >= 4 is 18.1 Å². The van der Waals surface area contributed by atoms with Crippen molar-refractivity contribution in [3.63, 3.8) is 0 Å². The van der Waals surface area contributed by atoms with Crippen molar-refractivity contribution in [2.24, 2.45) is 10.9 Å². The number of benzene rings is 1. The van der Waals surface area contributed by atoms with Crippen molar-refractivity contribution in [2.45, 2.75) is 58.7 Å². The maximum absolute atomic E-state index is 13.7. The van der Waals surface area contributed by atoms with Gasteiger partial charge in [0.1, 0.15) is 0 Å². The van der Waals surface area contributed by atoms with Gasteiger partial charge in [-0.05, 0) is 51.5 Å². The molecule has 1 fully saturated rings. The molecule has 0 spiro atoms. The van der Waals surface area contributed by atoms with Crippen molar-refractivity contribution < 1.29 is 4.39 Å². The van der Waals surface area contributed by atoms with Crippen LogP contribution in [0.3, 0.4) is 0 Å². The van der Waals surface area contributed by atoms with E-state index in [0.717, 1.165) is 12.8 Å². The number of alkyl halides is 1. The van der Waals surface area contributed by atoms with Crippen molar-refractivity contribution in [1.82, 2.24) is 15.0 Å². The van der Waals surface area contributed by atoms with E-state index in [1.54, 1.807) is 13.1 Å². The second kappa shape index (κ2) is 8.34. The van der Waals surface area contributed by atoms with Gasteiger partial charge in [0.05, 0.1) is 0 Å². The van der Waals surface area contributed by atoms with Gasteiger partial charge in [-0.15, -0.1) is 0 Å². The molecule has 1 aliphatic carbocycles. The predicted octanol–water partition coefficient (Wildman–Crippen LogP) is 4.76. The standard InChI is InChI=1S/C20H26FN5/c1-4-22-19-24-18(14(3)21)25-20(26-19)23-17-10-6-9-16(17)12-15-8-5-7-13(2)11-15/h4-5,7-8,11,14,16-17H,6,9-10,12H2,1-3H3,(H,23,24,25,26). The number of rotatable bonds is 6. The Labute approximate surface area is 154 Å². The third-order valence-corrected chi connectivity index (χ3v) is 4.80. The van der Waals surface area contributed by atoms with Crippen LogP contribution in [-0.4, -0.2) is 27.2 Å². The van der Waals surface area contributed by atoms with E-state index in [1.807, 2.05) is 0 Å². The first-order chi connectivity index (χ1) is 12.5. The Balaban J connectivity index is 1.76. The lowest BCUT2D eigenvalue weighted by Crippen LogP contribution is -2.27. The average molecular weight is 355 g/mol. The lowest BCUT2D eigenvalue weighted by atomic mass is 9.94. The molecule has 3 atom stereocenters. The topological polar surface area (TPSA) is 63.1 Å². The molecule has 3 unspecified atom stereocenters. The highest BCUT2D eigenvalue weighted by molar-refractivity contribution is 5.57. The van der Waals surface area contributed by atoms with Gasteiger partial charge >= 0.3 is 0 Å². The molecule has 1 aliphatic rings. The van der Waals surface area contributed by atoms with E-state index in [1.165, 1.54) is 30.9 Å². The summed E-state index contributed by atoms with van der Waals surface area (Å²) in [6.07, 6.45) is 4.78. The smallest absolute Gasteiger partial charge is 0.254 e. The van der Waals surface area contributed by atoms with Gasteiger partial charge in [0, 0.05) is 12.3 Å². The first-order valence-corrected chi connectivity index (χ1v) is 9.26. The highest BCUT2D eigenvalue weighted by atomic mass is 19.1. The van der Waals surface area contributed by atoms with Crippen LogP contribution in [0, 0.1) is 12.8 Å². The Morgan fingerprint density at radius 1 is 1.31 bits per heavy atom. The Hall–Kier alpha value is -2.37. The maximum atomic E-state index is 13.7. The molecular formula is C20H26FN5. The molecule has 2 aromatic rings. The monoisotopic (exact) mass is 355 g/mol. The first-order valence-electron chi connectivity index (χ1n) is 9.26. The molecule has 1 N–H and O–H groups in total. The number of aromatic nitrogens is 3. The summed E-state index contributed by atoms with van der Waals surface area (Å²) in [6.45, 7) is 5.33. The predicted molar refractivity (Wildman–Crippen MR) is 103 cm³/mol. The largest absolute Gasteiger partial charge is 0.351 e. The number of nitrogens with zero attached hydrogens (tertiary/aromatic N) is 4. The van der Waals surface area contributed by atoms with Gasteiger partial charge in [-0.25, -0.2) is 9.38 Å². The second-order valence-electron chi connectivity index (χ2n) is 6.96. The van der Waals surface area contributed by atoms with E-state index in [0.29, 0.717) is 11.9 Å². The third-order valence-electron chi connectivity index (χ3n) is 4.80. The van der Waals surface area contributed by atoms with Crippen molar-refractivity contribution in [1.29, 1.82) is 0 Å². The Bertz CT molecular complexity index is 775. The summed E-state index contributed by atoms with van der Waals surface area (Å²) in [4.78, 5) is 16.7. The minimum Gasteiger partial charge on any atom is -0.351 e. The van der Waals surface area contributed by atoms with E-state index in [4.69, 9.17) is 0 Å². The molecule has 138 valence electrons. The van der Waals surface area contributed by atoms with E-state index >= 15 is 0 Å². The van der Waals surface area contributed by atoms with E-state index in [9.17, 15) is 4.39 Å². The lowest BCUT2D eigenvalue weighted by Gasteiger charge is -2.21. The van der Waals surface area contributed by atoms with E-state index in [-0.39, 0.29) is 17.8 Å². The quantitative estimate of drug-likeness (QED) is 0.759. The lowest BCUT2D eigenvalue weighted by molar-refractivity contribution is 0.356. The molecule has 0 bridgehead atoms. The van der Waals surface area contributed by atoms with Crippen LogP contribution >= 0.6 is 0 Å². The molecule has 26 heavy (non-hydrogen) atoms. The fourth-order valence-corrected chi connectivity index (χ4v) is 3.58. The van der Waals surface area contributed by atoms with Gasteiger partial charge < -0.3 is 5.32 Å². The molecule has 3 rings (SSSR count). The Kier molecular flexibility index (Phi) is 5.91. The van der Waals surface area contributed by atoms with Crippen LogP contribution in [0.4, 0.5) is 16.3 Å². The molecule has 1 aromatic carbocycles. The summed E-state index contributed by atoms with van der Waals surface area (Å²) in [7, 11) is 0. The van der Waals surface area contributed by atoms with Gasteiger partial charge in [-0.1, -0.05) is 36.2 Å². The molecule has 0 aliphatic heterocycles. The van der Waals surface area contributed by atoms with Crippen LogP contribution in [-0.2, 0) is 6.42 Å². The highest BCUT2D eigenvalue weighted by Gasteiger charge is 2.28. The van der Waals surface area contributed by atoms with Gasteiger partial charge in [-0.3, -0.25) is 0 Å². The summed E-state index contributed by atoms with van der Waals surface area (Å²) in [5.74, 6) is 1.30. The number of halogens is 1. The van der Waals surface area contributed by atoms with Gasteiger partial charge in [0.25, 0.3) is 5.95 Å². The zero-order valence-electron chi connectivity index (χ0n) is 15.6. The summed E-state index contributed by atoms with van der Waals surface area (Å²) in [5, 5.41) is 3.42. The molecular weight excluding hydrogens is 329 g/mol. The number of hydrogen-bond acceptors (Lipinski definition) is 5. The zero-order valence-corrected chi connectivity index (χ0v) is 15.6. The summed E-state index contributed by atoms with van der Waals surface area (Å²) in [5.41, 5.74) is 2.64. The number of aliphatic imine (C=N–C) groups is 1. The first kappa shape index (κ1) is 18.4. The molecule has 1 heterocycles. The van der Waals surface area contributed by atoms with Crippen LogP contribution in [0.1, 0.15) is 56.2 Å². The van der Waals surface area contributed by atoms with E-state index in [2.05, 4.69) is 56.5 Å². The molecule has 0 saturated heterocycles. The molecule has 1 saturated carbocycles. The number of anilines is 1. The minimum absolute atomic E-state index is 0.122.